The summed E-state index contributed by atoms with van der Waals surface area (Å²) < 4.78 is 7.76. The van der Waals surface area contributed by atoms with E-state index in [2.05, 4.69) is 41.8 Å². The molecular formula is C18H25N3O2S. The van der Waals surface area contributed by atoms with Crippen LogP contribution in [-0.4, -0.2) is 46.2 Å². The normalized spacial score (nSPS) is 18.2. The van der Waals surface area contributed by atoms with Gasteiger partial charge in [-0.2, -0.15) is 0 Å². The zero-order chi connectivity index (χ0) is 17.3. The van der Waals surface area contributed by atoms with Gasteiger partial charge in [-0.25, -0.2) is 4.98 Å². The van der Waals surface area contributed by atoms with Gasteiger partial charge in [0.05, 0.1) is 23.4 Å². The molecule has 130 valence electrons. The fourth-order valence-electron chi connectivity index (χ4n) is 3.22. The smallest absolute Gasteiger partial charge is 0.242 e. The molecule has 2 aromatic heterocycles. The molecule has 1 saturated heterocycles. The van der Waals surface area contributed by atoms with Gasteiger partial charge in [0.2, 0.25) is 5.91 Å². The summed E-state index contributed by atoms with van der Waals surface area (Å²) in [5, 5.41) is 3.14. The highest BCUT2D eigenvalue weighted by Crippen LogP contribution is 2.28. The molecule has 5 nitrogen and oxygen atoms in total. The Morgan fingerprint density at radius 3 is 2.88 bits per heavy atom. The van der Waals surface area contributed by atoms with Crippen molar-refractivity contribution in [2.24, 2.45) is 0 Å². The van der Waals surface area contributed by atoms with Gasteiger partial charge in [0, 0.05) is 35.4 Å². The Balaban J connectivity index is 1.78. The highest BCUT2D eigenvalue weighted by molar-refractivity contribution is 7.09. The number of hydrogen-bond donors (Lipinski definition) is 0. The average Bonchev–Trinajstić information content (AvgIpc) is 3.13. The van der Waals surface area contributed by atoms with Gasteiger partial charge < -0.3 is 14.2 Å². The third-order valence-corrected chi connectivity index (χ3v) is 5.48. The number of ether oxygens (including phenoxy) is 1. The van der Waals surface area contributed by atoms with Crippen LogP contribution in [0.25, 0.3) is 11.3 Å². The number of aryl methyl sites for hydroxylation is 2. The molecule has 3 rings (SSSR count). The quantitative estimate of drug-likeness (QED) is 0.853. The molecule has 1 fully saturated rings. The van der Waals surface area contributed by atoms with Gasteiger partial charge in [0.1, 0.15) is 6.54 Å². The number of rotatable bonds is 4. The molecule has 0 aliphatic carbocycles. The van der Waals surface area contributed by atoms with E-state index in [1.807, 2.05) is 11.8 Å². The lowest BCUT2D eigenvalue weighted by molar-refractivity contribution is -0.139. The minimum Gasteiger partial charge on any atom is -0.375 e. The van der Waals surface area contributed by atoms with Gasteiger partial charge in [0.15, 0.2) is 0 Å². The molecule has 24 heavy (non-hydrogen) atoms. The second-order valence-electron chi connectivity index (χ2n) is 6.36. The molecule has 1 aliphatic heterocycles. The molecule has 6 heteroatoms. The zero-order valence-electron chi connectivity index (χ0n) is 14.8. The van der Waals surface area contributed by atoms with Gasteiger partial charge in [-0.1, -0.05) is 6.92 Å². The molecule has 0 saturated carbocycles. The van der Waals surface area contributed by atoms with Gasteiger partial charge in [-0.05, 0) is 33.3 Å². The number of morpholine rings is 1. The molecule has 0 spiro atoms. The first kappa shape index (κ1) is 17.2. The number of carbonyl (C=O) groups is 1. The molecule has 0 radical (unpaired) electrons. The number of hydrogen-bond acceptors (Lipinski definition) is 4. The number of carbonyl (C=O) groups excluding carboxylic acids is 1. The van der Waals surface area contributed by atoms with Crippen molar-refractivity contribution in [1.82, 2.24) is 14.5 Å². The van der Waals surface area contributed by atoms with Crippen molar-refractivity contribution in [2.45, 2.75) is 46.8 Å². The first-order chi connectivity index (χ1) is 11.5. The maximum atomic E-state index is 12.7. The van der Waals surface area contributed by atoms with Gasteiger partial charge in [0.25, 0.3) is 0 Å². The molecule has 0 bridgehead atoms. The van der Waals surface area contributed by atoms with Gasteiger partial charge in [-0.3, -0.25) is 4.79 Å². The third-order valence-electron chi connectivity index (χ3n) is 4.71. The predicted molar refractivity (Wildman–Crippen MR) is 96.4 cm³/mol. The van der Waals surface area contributed by atoms with Crippen LogP contribution in [0.1, 0.15) is 29.7 Å². The minimum atomic E-state index is 0.166. The van der Waals surface area contributed by atoms with Crippen molar-refractivity contribution in [1.29, 1.82) is 0 Å². The van der Waals surface area contributed by atoms with E-state index in [0.717, 1.165) is 34.1 Å². The van der Waals surface area contributed by atoms with E-state index in [4.69, 9.17) is 4.74 Å². The second kappa shape index (κ2) is 7.07. The topological polar surface area (TPSA) is 47.4 Å². The van der Waals surface area contributed by atoms with Crippen LogP contribution in [-0.2, 0) is 16.1 Å². The maximum absolute atomic E-state index is 12.7. The largest absolute Gasteiger partial charge is 0.375 e. The maximum Gasteiger partial charge on any atom is 0.242 e. The Morgan fingerprint density at radius 2 is 2.21 bits per heavy atom. The first-order valence-corrected chi connectivity index (χ1v) is 9.36. The summed E-state index contributed by atoms with van der Waals surface area (Å²) in [7, 11) is 0. The van der Waals surface area contributed by atoms with Crippen molar-refractivity contribution in [3.8, 4) is 11.3 Å². The summed E-state index contributed by atoms with van der Waals surface area (Å²) in [5.74, 6) is 0.166. The fourth-order valence-corrected chi connectivity index (χ4v) is 3.83. The van der Waals surface area contributed by atoms with Crippen LogP contribution in [0.4, 0.5) is 0 Å². The van der Waals surface area contributed by atoms with Crippen molar-refractivity contribution in [3.05, 3.63) is 27.8 Å². The summed E-state index contributed by atoms with van der Waals surface area (Å²) in [6.07, 6.45) is 1.11. The summed E-state index contributed by atoms with van der Waals surface area (Å²) in [6, 6.07) is 2.13. The van der Waals surface area contributed by atoms with Crippen molar-refractivity contribution in [3.63, 3.8) is 0 Å². The number of thiazole rings is 1. The van der Waals surface area contributed by atoms with Crippen LogP contribution >= 0.6 is 11.3 Å². The van der Waals surface area contributed by atoms with Gasteiger partial charge >= 0.3 is 0 Å². The molecule has 2 aromatic rings. The molecular weight excluding hydrogens is 322 g/mol. The number of nitrogens with zero attached hydrogens (tertiary/aromatic N) is 3. The summed E-state index contributed by atoms with van der Waals surface area (Å²) >= 11 is 1.65. The zero-order valence-corrected chi connectivity index (χ0v) is 15.7. The summed E-state index contributed by atoms with van der Waals surface area (Å²) in [5.41, 5.74) is 4.33. The molecule has 1 atom stereocenters. The Labute approximate surface area is 147 Å². The van der Waals surface area contributed by atoms with Crippen LogP contribution in [0.15, 0.2) is 11.4 Å². The van der Waals surface area contributed by atoms with Crippen molar-refractivity contribution in [2.75, 3.05) is 19.7 Å². The Hall–Kier alpha value is -1.66. The molecule has 0 unspecified atom stereocenters. The minimum absolute atomic E-state index is 0.166. The summed E-state index contributed by atoms with van der Waals surface area (Å²) in [6.45, 7) is 10.6. The van der Waals surface area contributed by atoms with Crippen molar-refractivity contribution >= 4 is 17.2 Å². The lowest BCUT2D eigenvalue weighted by Crippen LogP contribution is -2.46. The Morgan fingerprint density at radius 1 is 1.42 bits per heavy atom. The predicted octanol–water partition coefficient (Wildman–Crippen LogP) is 3.17. The molecule has 0 N–H and O–H groups in total. The molecule has 3 heterocycles. The number of aromatic nitrogens is 2. The van der Waals surface area contributed by atoms with Crippen LogP contribution in [0.5, 0.6) is 0 Å². The highest BCUT2D eigenvalue weighted by atomic mass is 32.1. The lowest BCUT2D eigenvalue weighted by Gasteiger charge is -2.32. The van der Waals surface area contributed by atoms with E-state index in [9.17, 15) is 4.79 Å². The molecule has 0 aromatic carbocycles. The van der Waals surface area contributed by atoms with Gasteiger partial charge in [-0.15, -0.1) is 11.3 Å². The first-order valence-electron chi connectivity index (χ1n) is 8.48. The van der Waals surface area contributed by atoms with E-state index in [-0.39, 0.29) is 12.0 Å². The molecule has 1 amide bonds. The Bertz CT molecular complexity index is 735. The van der Waals surface area contributed by atoms with Crippen LogP contribution in [0.3, 0.4) is 0 Å². The van der Waals surface area contributed by atoms with E-state index < -0.39 is 0 Å². The lowest BCUT2D eigenvalue weighted by atomic mass is 10.2. The molecule has 1 aliphatic rings. The SMILES string of the molecule is CC[C@H]1CN(C(=O)Cn2c(C)cc(-c3csc(C)n3)c2C)CCO1. The van der Waals surface area contributed by atoms with Crippen LogP contribution < -0.4 is 0 Å². The standard InChI is InChI=1S/C18H25N3O2S/c1-5-15-9-20(6-7-23-15)18(22)10-21-12(2)8-16(13(21)3)17-11-24-14(4)19-17/h8,11,15H,5-7,9-10H2,1-4H3/t15-/m0/s1. The van der Waals surface area contributed by atoms with Crippen LogP contribution in [0, 0.1) is 20.8 Å². The van der Waals surface area contributed by atoms with E-state index in [1.54, 1.807) is 11.3 Å². The fraction of sp³-hybridized carbons (Fsp3) is 0.556. The van der Waals surface area contributed by atoms with Crippen molar-refractivity contribution < 1.29 is 9.53 Å². The van der Waals surface area contributed by atoms with E-state index in [1.165, 1.54) is 0 Å². The highest BCUT2D eigenvalue weighted by Gasteiger charge is 2.24. The monoisotopic (exact) mass is 347 g/mol. The summed E-state index contributed by atoms with van der Waals surface area (Å²) in [4.78, 5) is 19.2. The van der Waals surface area contributed by atoms with E-state index >= 15 is 0 Å². The number of amides is 1. The second-order valence-corrected chi connectivity index (χ2v) is 7.43. The average molecular weight is 347 g/mol. The van der Waals surface area contributed by atoms with E-state index in [0.29, 0.717) is 26.2 Å². The third kappa shape index (κ3) is 3.39. The Kier molecular flexibility index (Phi) is 5.06. The van der Waals surface area contributed by atoms with Crippen LogP contribution in [0.2, 0.25) is 0 Å².